The van der Waals surface area contributed by atoms with Crippen molar-refractivity contribution in [2.75, 3.05) is 0 Å². The zero-order chi connectivity index (χ0) is 11.5. The van der Waals surface area contributed by atoms with Crippen molar-refractivity contribution in [3.05, 3.63) is 48.0 Å². The molecule has 2 aromatic carbocycles. The molecule has 1 atom stereocenters. The zero-order valence-corrected chi connectivity index (χ0v) is 9.11. The third kappa shape index (κ3) is 2.04. The Morgan fingerprint density at radius 1 is 1.12 bits per heavy atom. The number of thiol groups is 1. The van der Waals surface area contributed by atoms with Crippen LogP contribution in [0.5, 0.6) is 0 Å². The predicted molar refractivity (Wildman–Crippen MR) is 61.6 cm³/mol. The molecule has 0 aromatic heterocycles. The number of carbonyl (C=O) groups is 1. The van der Waals surface area contributed by atoms with E-state index in [0.717, 1.165) is 10.8 Å². The van der Waals surface area contributed by atoms with E-state index < -0.39 is 16.8 Å². The summed E-state index contributed by atoms with van der Waals surface area (Å²) in [6.07, 6.45) is 0. The fraction of sp³-hybridized carbons (Fsp3) is 0. The minimum absolute atomic E-state index is 0.328. The zero-order valence-electron chi connectivity index (χ0n) is 8.21. The molecule has 1 N–H and O–H groups in total. The highest BCUT2D eigenvalue weighted by Crippen LogP contribution is 2.19. The lowest BCUT2D eigenvalue weighted by Gasteiger charge is -2.03. The van der Waals surface area contributed by atoms with Crippen molar-refractivity contribution in [1.29, 1.82) is 4.78 Å². The van der Waals surface area contributed by atoms with Crippen LogP contribution in [0.15, 0.2) is 42.5 Å². The van der Waals surface area contributed by atoms with Gasteiger partial charge in [-0.25, -0.2) is 13.8 Å². The minimum Gasteiger partial charge on any atom is -0.357 e. The minimum atomic E-state index is -2.67. The van der Waals surface area contributed by atoms with E-state index in [1.54, 1.807) is 24.3 Å². The van der Waals surface area contributed by atoms with Gasteiger partial charge in [0.2, 0.25) is 0 Å². The number of rotatable bonds is 2. The van der Waals surface area contributed by atoms with Crippen molar-refractivity contribution < 1.29 is 13.2 Å². The van der Waals surface area contributed by atoms with Crippen molar-refractivity contribution in [3.63, 3.8) is 0 Å². The molecule has 0 aliphatic heterocycles. The van der Waals surface area contributed by atoms with Gasteiger partial charge in [-0.1, -0.05) is 36.4 Å². The SMILES string of the molecule is N=[SH](=O)OC(=O)c1cccc2ccccc12. The maximum absolute atomic E-state index is 11.5. The van der Waals surface area contributed by atoms with Gasteiger partial charge in [-0.2, -0.15) is 0 Å². The lowest BCUT2D eigenvalue weighted by atomic mass is 10.1. The van der Waals surface area contributed by atoms with Crippen LogP contribution >= 0.6 is 0 Å². The number of fused-ring (bicyclic) bond motifs is 1. The lowest BCUT2D eigenvalue weighted by molar-refractivity contribution is 0.0762. The van der Waals surface area contributed by atoms with Gasteiger partial charge in [-0.05, 0) is 16.8 Å². The Morgan fingerprint density at radius 3 is 2.56 bits per heavy atom. The van der Waals surface area contributed by atoms with Gasteiger partial charge in [0.15, 0.2) is 10.9 Å². The molecule has 0 spiro atoms. The van der Waals surface area contributed by atoms with Crippen LogP contribution in [0.4, 0.5) is 0 Å². The first-order valence-electron chi connectivity index (χ1n) is 4.57. The fourth-order valence-corrected chi connectivity index (χ4v) is 1.78. The van der Waals surface area contributed by atoms with Gasteiger partial charge in [0, 0.05) is 0 Å². The van der Waals surface area contributed by atoms with E-state index >= 15 is 0 Å². The summed E-state index contributed by atoms with van der Waals surface area (Å²) in [6, 6.07) is 12.5. The number of hydrogen-bond acceptors (Lipinski definition) is 4. The van der Waals surface area contributed by atoms with Crippen molar-refractivity contribution in [3.8, 4) is 0 Å². The van der Waals surface area contributed by atoms with Crippen LogP contribution in [0.1, 0.15) is 10.4 Å². The van der Waals surface area contributed by atoms with Crippen LogP contribution in [-0.2, 0) is 15.1 Å². The van der Waals surface area contributed by atoms with E-state index in [1.807, 2.05) is 18.2 Å². The molecule has 0 amide bonds. The average Bonchev–Trinajstić information content (AvgIpc) is 2.27. The van der Waals surface area contributed by atoms with Crippen LogP contribution in [0.3, 0.4) is 0 Å². The van der Waals surface area contributed by atoms with Crippen LogP contribution in [0.25, 0.3) is 10.8 Å². The van der Waals surface area contributed by atoms with Gasteiger partial charge in [0.1, 0.15) is 0 Å². The molecule has 0 saturated carbocycles. The normalized spacial score (nSPS) is 12.2. The summed E-state index contributed by atoms with van der Waals surface area (Å²) in [7, 11) is -2.67. The Labute approximate surface area is 94.1 Å². The smallest absolute Gasteiger partial charge is 0.353 e. The Kier molecular flexibility index (Phi) is 2.87. The van der Waals surface area contributed by atoms with E-state index in [9.17, 15) is 9.00 Å². The second-order valence-electron chi connectivity index (χ2n) is 3.16. The van der Waals surface area contributed by atoms with E-state index in [2.05, 4.69) is 4.18 Å². The van der Waals surface area contributed by atoms with Gasteiger partial charge < -0.3 is 4.18 Å². The molecule has 0 aliphatic carbocycles. The third-order valence-electron chi connectivity index (χ3n) is 2.18. The summed E-state index contributed by atoms with van der Waals surface area (Å²) in [5, 5.41) is 1.63. The second kappa shape index (κ2) is 4.32. The Morgan fingerprint density at radius 2 is 1.81 bits per heavy atom. The molecule has 82 valence electrons. The summed E-state index contributed by atoms with van der Waals surface area (Å²) < 4.78 is 21.6. The van der Waals surface area contributed by atoms with Crippen LogP contribution in [0.2, 0.25) is 0 Å². The second-order valence-corrected chi connectivity index (χ2v) is 3.86. The van der Waals surface area contributed by atoms with Crippen molar-refractivity contribution >= 4 is 27.6 Å². The summed E-state index contributed by atoms with van der Waals surface area (Å²) >= 11 is 0. The van der Waals surface area contributed by atoms with E-state index in [-0.39, 0.29) is 0 Å². The van der Waals surface area contributed by atoms with E-state index in [4.69, 9.17) is 4.78 Å². The standard InChI is InChI=1S/C11H9NO3S/c12-16(14)15-11(13)10-7-3-5-8-4-1-2-6-9(8)10/h1-7,12,16H. The molecular formula is C11H9NO3S. The molecular weight excluding hydrogens is 226 g/mol. The highest BCUT2D eigenvalue weighted by molar-refractivity contribution is 7.68. The molecule has 0 fully saturated rings. The summed E-state index contributed by atoms with van der Waals surface area (Å²) in [6.45, 7) is 0. The molecule has 5 heteroatoms. The van der Waals surface area contributed by atoms with Crippen LogP contribution in [-0.4, -0.2) is 10.2 Å². The summed E-state index contributed by atoms with van der Waals surface area (Å²) in [5.74, 6) is -0.729. The Bertz CT molecular complexity index is 606. The predicted octanol–water partition coefficient (Wildman–Crippen LogP) is 2.15. The molecule has 4 nitrogen and oxygen atoms in total. The number of carbonyl (C=O) groups excluding carboxylic acids is 1. The first-order valence-corrected chi connectivity index (χ1v) is 5.75. The third-order valence-corrected chi connectivity index (χ3v) is 2.51. The average molecular weight is 235 g/mol. The Balaban J connectivity index is 2.56. The quantitative estimate of drug-likeness (QED) is 0.784. The van der Waals surface area contributed by atoms with Crippen LogP contribution in [0, 0.1) is 4.78 Å². The molecule has 0 aliphatic rings. The van der Waals surface area contributed by atoms with Gasteiger partial charge >= 0.3 is 5.97 Å². The maximum atomic E-state index is 11.5. The monoisotopic (exact) mass is 235 g/mol. The van der Waals surface area contributed by atoms with E-state index in [1.165, 1.54) is 0 Å². The molecule has 1 unspecified atom stereocenters. The van der Waals surface area contributed by atoms with Gasteiger partial charge in [-0.15, -0.1) is 0 Å². The molecule has 16 heavy (non-hydrogen) atoms. The summed E-state index contributed by atoms with van der Waals surface area (Å²) in [5.41, 5.74) is 0.328. The highest BCUT2D eigenvalue weighted by atomic mass is 32.2. The van der Waals surface area contributed by atoms with Gasteiger partial charge in [0.25, 0.3) is 0 Å². The highest BCUT2D eigenvalue weighted by Gasteiger charge is 2.10. The number of hydrogen-bond donors (Lipinski definition) is 2. The number of nitrogens with one attached hydrogen (secondary N) is 1. The van der Waals surface area contributed by atoms with Gasteiger partial charge in [-0.3, -0.25) is 0 Å². The van der Waals surface area contributed by atoms with Crippen molar-refractivity contribution in [2.45, 2.75) is 0 Å². The molecule has 0 saturated heterocycles. The first kappa shape index (κ1) is 10.6. The lowest BCUT2D eigenvalue weighted by Crippen LogP contribution is -2.03. The topological polar surface area (TPSA) is 67.2 Å². The molecule has 0 radical (unpaired) electrons. The van der Waals surface area contributed by atoms with Crippen molar-refractivity contribution in [2.24, 2.45) is 0 Å². The maximum Gasteiger partial charge on any atom is 0.353 e. The number of benzene rings is 2. The van der Waals surface area contributed by atoms with Gasteiger partial charge in [0.05, 0.1) is 5.56 Å². The molecule has 2 rings (SSSR count). The van der Waals surface area contributed by atoms with Crippen LogP contribution < -0.4 is 0 Å². The Hall–Kier alpha value is -1.88. The molecule has 0 heterocycles. The van der Waals surface area contributed by atoms with Crippen molar-refractivity contribution in [1.82, 2.24) is 0 Å². The summed E-state index contributed by atoms with van der Waals surface area (Å²) in [4.78, 5) is 11.5. The molecule has 2 aromatic rings. The first-order chi connectivity index (χ1) is 7.68. The molecule has 0 bridgehead atoms. The largest absolute Gasteiger partial charge is 0.357 e. The van der Waals surface area contributed by atoms with E-state index in [0.29, 0.717) is 5.56 Å². The fourth-order valence-electron chi connectivity index (χ4n) is 1.53.